The Balaban J connectivity index is 1.20. The molecule has 1 aromatic heterocycles. The first-order valence-corrected chi connectivity index (χ1v) is 10.4. The van der Waals surface area contributed by atoms with Gasteiger partial charge < -0.3 is 9.32 Å². The zero-order chi connectivity index (χ0) is 18.4. The zero-order valence-corrected chi connectivity index (χ0v) is 16.1. The van der Waals surface area contributed by atoms with E-state index in [-0.39, 0.29) is 5.91 Å². The first-order chi connectivity index (χ1) is 13.2. The highest BCUT2D eigenvalue weighted by Crippen LogP contribution is 2.47. The van der Waals surface area contributed by atoms with Crippen LogP contribution in [0.3, 0.4) is 0 Å². The summed E-state index contributed by atoms with van der Waals surface area (Å²) in [5.74, 6) is 3.85. The monoisotopic (exact) mass is 364 g/mol. The molecule has 3 aliphatic rings. The van der Waals surface area contributed by atoms with Crippen LogP contribution in [0.4, 0.5) is 5.69 Å². The van der Waals surface area contributed by atoms with Crippen molar-refractivity contribution in [2.75, 3.05) is 18.0 Å². The van der Waals surface area contributed by atoms with Crippen LogP contribution in [0.1, 0.15) is 55.6 Å². The molecule has 0 radical (unpaired) electrons. The molecular weight excluding hydrogens is 336 g/mol. The zero-order valence-electron chi connectivity index (χ0n) is 16.1. The van der Waals surface area contributed by atoms with Gasteiger partial charge >= 0.3 is 0 Å². The topological polar surface area (TPSA) is 36.7 Å². The van der Waals surface area contributed by atoms with Crippen LogP contribution in [0.15, 0.2) is 40.8 Å². The van der Waals surface area contributed by atoms with Crippen molar-refractivity contribution in [3.05, 3.63) is 53.5 Å². The van der Waals surface area contributed by atoms with Gasteiger partial charge in [0.15, 0.2) is 0 Å². The molecule has 4 heteroatoms. The van der Waals surface area contributed by atoms with E-state index in [1.165, 1.54) is 24.8 Å². The Hall–Kier alpha value is -2.07. The summed E-state index contributed by atoms with van der Waals surface area (Å²) in [4.78, 5) is 17.2. The summed E-state index contributed by atoms with van der Waals surface area (Å²) in [6.45, 7) is 4.75. The van der Waals surface area contributed by atoms with E-state index in [1.54, 1.807) is 0 Å². The van der Waals surface area contributed by atoms with Crippen LogP contribution in [0.25, 0.3) is 0 Å². The molecule has 2 atom stereocenters. The average molecular weight is 364 g/mol. The maximum atomic E-state index is 12.8. The number of nitrogens with zero attached hydrogens (tertiary/aromatic N) is 2. The second-order valence-electron chi connectivity index (χ2n) is 8.50. The van der Waals surface area contributed by atoms with Gasteiger partial charge in [-0.05, 0) is 55.4 Å². The lowest BCUT2D eigenvalue weighted by Crippen LogP contribution is -2.34. The molecule has 0 saturated heterocycles. The maximum absolute atomic E-state index is 12.8. The lowest BCUT2D eigenvalue weighted by atomic mass is 10.2. The molecule has 1 aromatic carbocycles. The van der Waals surface area contributed by atoms with Crippen molar-refractivity contribution < 1.29 is 9.21 Å². The molecular formula is C23H28N2O2. The largest absolute Gasteiger partial charge is 0.464 e. The van der Waals surface area contributed by atoms with Gasteiger partial charge in [-0.2, -0.15) is 0 Å². The van der Waals surface area contributed by atoms with Crippen LogP contribution in [0, 0.1) is 5.92 Å². The fourth-order valence-corrected chi connectivity index (χ4v) is 4.40. The van der Waals surface area contributed by atoms with Gasteiger partial charge in [0, 0.05) is 37.2 Å². The van der Waals surface area contributed by atoms with Gasteiger partial charge in [0.2, 0.25) is 5.91 Å². The highest BCUT2D eigenvalue weighted by molar-refractivity contribution is 5.95. The van der Waals surface area contributed by atoms with Crippen LogP contribution in [-0.4, -0.2) is 29.9 Å². The first-order valence-electron chi connectivity index (χ1n) is 10.4. The summed E-state index contributed by atoms with van der Waals surface area (Å²) >= 11 is 0. The molecule has 2 heterocycles. The standard InChI is InChI=1S/C23H28N2O2/c1-16-14-20(16)22-9-8-19(27-22)15-24(18-6-7-18)12-11-23(26)25-13-10-17-4-2-3-5-21(17)25/h2-5,8-9,16,18,20H,6-7,10-15H2,1H3. The van der Waals surface area contributed by atoms with Crippen LogP contribution < -0.4 is 4.90 Å². The Kier molecular flexibility index (Phi) is 4.31. The molecule has 2 unspecified atom stereocenters. The summed E-state index contributed by atoms with van der Waals surface area (Å²) in [6.07, 6.45) is 5.30. The van der Waals surface area contributed by atoms with Crippen molar-refractivity contribution in [3.8, 4) is 0 Å². The summed E-state index contributed by atoms with van der Waals surface area (Å²) in [7, 11) is 0. The van der Waals surface area contributed by atoms with Crippen molar-refractivity contribution in [1.29, 1.82) is 0 Å². The van der Waals surface area contributed by atoms with Gasteiger partial charge in [-0.25, -0.2) is 0 Å². The molecule has 4 nitrogen and oxygen atoms in total. The smallest absolute Gasteiger partial charge is 0.228 e. The number of amides is 1. The third kappa shape index (κ3) is 3.55. The predicted octanol–water partition coefficient (Wildman–Crippen LogP) is 4.35. The molecule has 2 saturated carbocycles. The minimum Gasteiger partial charge on any atom is -0.464 e. The minimum atomic E-state index is 0.248. The molecule has 5 rings (SSSR count). The second-order valence-corrected chi connectivity index (χ2v) is 8.50. The number of fused-ring (bicyclic) bond motifs is 1. The van der Waals surface area contributed by atoms with Gasteiger partial charge in [-0.3, -0.25) is 9.69 Å². The lowest BCUT2D eigenvalue weighted by molar-refractivity contribution is -0.118. The van der Waals surface area contributed by atoms with E-state index in [0.717, 1.165) is 49.2 Å². The number of benzene rings is 1. The van der Waals surface area contributed by atoms with Crippen molar-refractivity contribution in [3.63, 3.8) is 0 Å². The Morgan fingerprint density at radius 1 is 1.22 bits per heavy atom. The molecule has 0 spiro atoms. The number of furan rings is 1. The fourth-order valence-electron chi connectivity index (χ4n) is 4.40. The average Bonchev–Trinajstić information content (AvgIpc) is 3.56. The molecule has 0 bridgehead atoms. The molecule has 27 heavy (non-hydrogen) atoms. The Labute approximate surface area is 161 Å². The number of rotatable bonds is 7. The number of anilines is 1. The minimum absolute atomic E-state index is 0.248. The second kappa shape index (κ2) is 6.83. The normalized spacial score (nSPS) is 23.7. The number of carbonyl (C=O) groups excluding carboxylic acids is 1. The highest BCUT2D eigenvalue weighted by Gasteiger charge is 2.37. The third-order valence-electron chi connectivity index (χ3n) is 6.38. The SMILES string of the molecule is CC1CC1c1ccc(CN(CCC(=O)N2CCc3ccccc32)C2CC2)o1. The van der Waals surface area contributed by atoms with Gasteiger partial charge in [-0.1, -0.05) is 25.1 Å². The Bertz CT molecular complexity index is 838. The van der Waals surface area contributed by atoms with Gasteiger partial charge in [0.25, 0.3) is 0 Å². The molecule has 1 aliphatic heterocycles. The van der Waals surface area contributed by atoms with E-state index in [0.29, 0.717) is 18.4 Å². The predicted molar refractivity (Wildman–Crippen MR) is 106 cm³/mol. The van der Waals surface area contributed by atoms with E-state index >= 15 is 0 Å². The quantitative estimate of drug-likeness (QED) is 0.733. The van der Waals surface area contributed by atoms with Gasteiger partial charge in [-0.15, -0.1) is 0 Å². The van der Waals surface area contributed by atoms with Crippen LogP contribution in [0.2, 0.25) is 0 Å². The molecule has 2 fully saturated rings. The highest BCUT2D eigenvalue weighted by atomic mass is 16.3. The third-order valence-corrected chi connectivity index (χ3v) is 6.38. The van der Waals surface area contributed by atoms with E-state index in [1.807, 2.05) is 11.0 Å². The van der Waals surface area contributed by atoms with Crippen molar-refractivity contribution in [2.24, 2.45) is 5.92 Å². The summed E-state index contributed by atoms with van der Waals surface area (Å²) in [5.41, 5.74) is 2.40. The Morgan fingerprint density at radius 3 is 2.81 bits per heavy atom. The molecule has 142 valence electrons. The molecule has 0 N–H and O–H groups in total. The molecule has 2 aliphatic carbocycles. The van der Waals surface area contributed by atoms with E-state index in [2.05, 4.69) is 42.2 Å². The number of hydrogen-bond donors (Lipinski definition) is 0. The van der Waals surface area contributed by atoms with E-state index in [9.17, 15) is 4.79 Å². The summed E-state index contributed by atoms with van der Waals surface area (Å²) < 4.78 is 6.10. The maximum Gasteiger partial charge on any atom is 0.228 e. The number of carbonyl (C=O) groups is 1. The fraction of sp³-hybridized carbons (Fsp3) is 0.522. The first kappa shape index (κ1) is 17.1. The van der Waals surface area contributed by atoms with Crippen LogP contribution in [0.5, 0.6) is 0 Å². The number of para-hydroxylation sites is 1. The lowest BCUT2D eigenvalue weighted by Gasteiger charge is -2.23. The molecule has 1 amide bonds. The van der Waals surface area contributed by atoms with Crippen molar-refractivity contribution in [2.45, 2.75) is 57.5 Å². The van der Waals surface area contributed by atoms with E-state index in [4.69, 9.17) is 4.42 Å². The van der Waals surface area contributed by atoms with E-state index < -0.39 is 0 Å². The summed E-state index contributed by atoms with van der Waals surface area (Å²) in [5, 5.41) is 0. The number of hydrogen-bond acceptors (Lipinski definition) is 3. The van der Waals surface area contributed by atoms with Crippen LogP contribution in [-0.2, 0) is 17.8 Å². The Morgan fingerprint density at radius 2 is 2.04 bits per heavy atom. The van der Waals surface area contributed by atoms with Crippen molar-refractivity contribution in [1.82, 2.24) is 4.90 Å². The van der Waals surface area contributed by atoms with Gasteiger partial charge in [0.1, 0.15) is 11.5 Å². The van der Waals surface area contributed by atoms with Gasteiger partial charge in [0.05, 0.1) is 6.54 Å². The molecule has 2 aromatic rings. The summed E-state index contributed by atoms with van der Waals surface area (Å²) in [6, 6.07) is 13.2. The van der Waals surface area contributed by atoms with Crippen molar-refractivity contribution >= 4 is 11.6 Å². The van der Waals surface area contributed by atoms with Crippen LogP contribution >= 0.6 is 0 Å².